The number of anilines is 1. The summed E-state index contributed by atoms with van der Waals surface area (Å²) in [5.41, 5.74) is 2.03. The van der Waals surface area contributed by atoms with Crippen LogP contribution in [0.15, 0.2) is 41.2 Å². The molecule has 3 heterocycles. The number of nitrogens with zero attached hydrogens (tertiary/aromatic N) is 4. The first-order chi connectivity index (χ1) is 13.6. The van der Waals surface area contributed by atoms with Gasteiger partial charge in [0.2, 0.25) is 0 Å². The quantitative estimate of drug-likeness (QED) is 0.777. The maximum absolute atomic E-state index is 12.8. The van der Waals surface area contributed by atoms with E-state index < -0.39 is 10.2 Å². The summed E-state index contributed by atoms with van der Waals surface area (Å²) in [7, 11) is -3.48. The molecule has 0 unspecified atom stereocenters. The number of hydrogen-bond donors (Lipinski definition) is 1. The summed E-state index contributed by atoms with van der Waals surface area (Å²) in [6.45, 7) is 3.35. The van der Waals surface area contributed by atoms with Gasteiger partial charge < -0.3 is 9.64 Å². The summed E-state index contributed by atoms with van der Waals surface area (Å²) in [6.07, 6.45) is 0. The van der Waals surface area contributed by atoms with Gasteiger partial charge in [0.05, 0.1) is 18.9 Å². The first-order valence-corrected chi connectivity index (χ1v) is 10.7. The predicted molar refractivity (Wildman–Crippen MR) is 105 cm³/mol. The lowest BCUT2D eigenvalue weighted by Gasteiger charge is -2.38. The van der Waals surface area contributed by atoms with Crippen molar-refractivity contribution < 1.29 is 13.2 Å². The average Bonchev–Trinajstić information content (AvgIpc) is 2.75. The molecule has 2 saturated heterocycles. The Balaban J connectivity index is 1.53. The Hall–Kier alpha value is -2.27. The largest absolute Gasteiger partial charge is 0.379 e. The Morgan fingerprint density at radius 3 is 2.25 bits per heavy atom. The zero-order valence-corrected chi connectivity index (χ0v) is 16.3. The lowest BCUT2D eigenvalue weighted by molar-refractivity contribution is 0.0700. The fourth-order valence-electron chi connectivity index (χ4n) is 3.54. The predicted octanol–water partition coefficient (Wildman–Crippen LogP) is 0.136. The Bertz CT molecular complexity index is 965. The van der Waals surface area contributed by atoms with E-state index in [1.54, 1.807) is 0 Å². The van der Waals surface area contributed by atoms with Crippen LogP contribution in [0.5, 0.6) is 0 Å². The first kappa shape index (κ1) is 19.1. The maximum atomic E-state index is 12.8. The van der Waals surface area contributed by atoms with E-state index in [1.165, 1.54) is 14.7 Å². The molecule has 0 spiro atoms. The van der Waals surface area contributed by atoms with Crippen LogP contribution in [0.1, 0.15) is 0 Å². The van der Waals surface area contributed by atoms with E-state index in [0.29, 0.717) is 58.2 Å². The molecule has 28 heavy (non-hydrogen) atoms. The van der Waals surface area contributed by atoms with Crippen LogP contribution in [0.3, 0.4) is 0 Å². The van der Waals surface area contributed by atoms with E-state index in [1.807, 2.05) is 35.2 Å². The number of aromatic nitrogens is 2. The molecule has 2 aliphatic heterocycles. The molecule has 150 valence electrons. The van der Waals surface area contributed by atoms with Crippen molar-refractivity contribution in [3.8, 4) is 11.3 Å². The molecule has 2 fully saturated rings. The van der Waals surface area contributed by atoms with Crippen molar-refractivity contribution in [2.75, 3.05) is 57.4 Å². The Morgan fingerprint density at radius 1 is 0.929 bits per heavy atom. The molecule has 4 rings (SSSR count). The van der Waals surface area contributed by atoms with Gasteiger partial charge in [-0.3, -0.25) is 4.79 Å². The highest BCUT2D eigenvalue weighted by Gasteiger charge is 2.33. The molecule has 0 aliphatic carbocycles. The van der Waals surface area contributed by atoms with Crippen molar-refractivity contribution in [3.63, 3.8) is 0 Å². The van der Waals surface area contributed by atoms with Gasteiger partial charge in [0.25, 0.3) is 15.8 Å². The standard InChI is InChI=1S/C18H23N5O4S/c24-17-14-16(18(20-19-17)15-4-2-1-3-5-15)21-6-8-22(9-7-21)28(25,26)23-10-12-27-13-11-23/h1-5,14H,6-13H2,(H,19,24). The molecule has 2 aliphatic rings. The van der Waals surface area contributed by atoms with E-state index in [9.17, 15) is 13.2 Å². The molecule has 10 heteroatoms. The van der Waals surface area contributed by atoms with Crippen molar-refractivity contribution in [1.29, 1.82) is 0 Å². The maximum Gasteiger partial charge on any atom is 0.282 e. The number of hydrogen-bond acceptors (Lipinski definition) is 6. The van der Waals surface area contributed by atoms with Crippen LogP contribution in [0.25, 0.3) is 11.3 Å². The Morgan fingerprint density at radius 2 is 1.57 bits per heavy atom. The molecule has 0 amide bonds. The van der Waals surface area contributed by atoms with Crippen molar-refractivity contribution in [2.24, 2.45) is 0 Å². The molecular weight excluding hydrogens is 382 g/mol. The number of piperazine rings is 1. The molecule has 0 bridgehead atoms. The third-order valence-electron chi connectivity index (χ3n) is 5.04. The molecule has 0 atom stereocenters. The monoisotopic (exact) mass is 405 g/mol. The van der Waals surface area contributed by atoms with Crippen molar-refractivity contribution in [1.82, 2.24) is 18.8 Å². The smallest absolute Gasteiger partial charge is 0.282 e. The molecule has 1 aromatic heterocycles. The third kappa shape index (κ3) is 3.81. The lowest BCUT2D eigenvalue weighted by Crippen LogP contribution is -2.55. The highest BCUT2D eigenvalue weighted by atomic mass is 32.2. The lowest BCUT2D eigenvalue weighted by atomic mass is 10.1. The normalized spacial score (nSPS) is 19.6. The molecule has 9 nitrogen and oxygen atoms in total. The first-order valence-electron chi connectivity index (χ1n) is 9.29. The van der Waals surface area contributed by atoms with Gasteiger partial charge >= 0.3 is 0 Å². The summed E-state index contributed by atoms with van der Waals surface area (Å²) in [4.78, 5) is 13.9. The highest BCUT2D eigenvalue weighted by Crippen LogP contribution is 2.28. The van der Waals surface area contributed by atoms with Crippen LogP contribution in [-0.4, -0.2) is 79.7 Å². The molecule has 1 aromatic carbocycles. The average molecular weight is 405 g/mol. The number of benzene rings is 1. The number of ether oxygens (including phenoxy) is 1. The van der Waals surface area contributed by atoms with Crippen molar-refractivity contribution in [3.05, 3.63) is 46.8 Å². The van der Waals surface area contributed by atoms with Gasteiger partial charge in [0.15, 0.2) is 0 Å². The summed E-state index contributed by atoms with van der Waals surface area (Å²) >= 11 is 0. The van der Waals surface area contributed by atoms with Crippen LogP contribution in [-0.2, 0) is 14.9 Å². The molecule has 1 N–H and O–H groups in total. The fraction of sp³-hybridized carbons (Fsp3) is 0.444. The van der Waals surface area contributed by atoms with Gasteiger partial charge in [-0.15, -0.1) is 0 Å². The van der Waals surface area contributed by atoms with Crippen LogP contribution < -0.4 is 10.5 Å². The molecule has 0 radical (unpaired) electrons. The van der Waals surface area contributed by atoms with Gasteiger partial charge in [0, 0.05) is 50.9 Å². The van der Waals surface area contributed by atoms with Crippen LogP contribution in [0, 0.1) is 0 Å². The van der Waals surface area contributed by atoms with Gasteiger partial charge in [-0.25, -0.2) is 5.10 Å². The van der Waals surface area contributed by atoms with Crippen molar-refractivity contribution >= 4 is 15.9 Å². The van der Waals surface area contributed by atoms with E-state index in [0.717, 1.165) is 11.3 Å². The second-order valence-corrected chi connectivity index (χ2v) is 8.67. The highest BCUT2D eigenvalue weighted by molar-refractivity contribution is 7.86. The van der Waals surface area contributed by atoms with Gasteiger partial charge in [0.1, 0.15) is 5.69 Å². The van der Waals surface area contributed by atoms with Crippen molar-refractivity contribution in [2.45, 2.75) is 0 Å². The number of aromatic amines is 1. The summed E-state index contributed by atoms with van der Waals surface area (Å²) in [5, 5.41) is 6.73. The van der Waals surface area contributed by atoms with E-state index in [4.69, 9.17) is 4.74 Å². The minimum absolute atomic E-state index is 0.280. The second-order valence-electron chi connectivity index (χ2n) is 6.74. The van der Waals surface area contributed by atoms with Crippen LogP contribution in [0.2, 0.25) is 0 Å². The minimum Gasteiger partial charge on any atom is -0.379 e. The Kier molecular flexibility index (Phi) is 5.44. The summed E-state index contributed by atoms with van der Waals surface area (Å²) < 4.78 is 33.9. The summed E-state index contributed by atoms with van der Waals surface area (Å²) in [5.74, 6) is 0. The Labute approximate surface area is 163 Å². The van der Waals surface area contributed by atoms with Crippen LogP contribution in [0.4, 0.5) is 5.69 Å². The summed E-state index contributed by atoms with van der Waals surface area (Å²) in [6, 6.07) is 11.1. The molecular formula is C18H23N5O4S. The van der Waals surface area contributed by atoms with E-state index in [2.05, 4.69) is 10.2 Å². The number of morpholine rings is 1. The zero-order chi connectivity index (χ0) is 19.6. The zero-order valence-electron chi connectivity index (χ0n) is 15.5. The third-order valence-corrected chi connectivity index (χ3v) is 7.07. The van der Waals surface area contributed by atoms with Gasteiger partial charge in [-0.2, -0.15) is 22.1 Å². The minimum atomic E-state index is -3.48. The number of rotatable bonds is 4. The molecule has 2 aromatic rings. The second kappa shape index (κ2) is 8.00. The van der Waals surface area contributed by atoms with Crippen LogP contribution >= 0.6 is 0 Å². The number of H-pyrrole nitrogens is 1. The van der Waals surface area contributed by atoms with E-state index in [-0.39, 0.29) is 5.56 Å². The molecule has 0 saturated carbocycles. The topological polar surface area (TPSA) is 98.8 Å². The fourth-order valence-corrected chi connectivity index (χ4v) is 5.10. The number of nitrogens with one attached hydrogen (secondary N) is 1. The SMILES string of the molecule is O=c1cc(N2CCN(S(=O)(=O)N3CCOCC3)CC2)c(-c2ccccc2)n[nH]1. The van der Waals surface area contributed by atoms with E-state index >= 15 is 0 Å². The van der Waals surface area contributed by atoms with Gasteiger partial charge in [-0.1, -0.05) is 30.3 Å². The van der Waals surface area contributed by atoms with Gasteiger partial charge in [-0.05, 0) is 0 Å².